The minimum absolute atomic E-state index is 0.161. The highest BCUT2D eigenvalue weighted by molar-refractivity contribution is 5.95. The van der Waals surface area contributed by atoms with Gasteiger partial charge in [-0.25, -0.2) is 13.9 Å². The molecule has 2 N–H and O–H groups in total. The molecule has 1 aliphatic heterocycles. The van der Waals surface area contributed by atoms with Gasteiger partial charge in [-0.05, 0) is 61.1 Å². The number of carbonyl (C=O) groups is 1. The van der Waals surface area contributed by atoms with Crippen molar-refractivity contribution in [2.45, 2.75) is 25.4 Å². The number of fused-ring (bicyclic) bond motifs is 1. The maximum Gasteiger partial charge on any atom is 0.418 e. The van der Waals surface area contributed by atoms with Crippen LogP contribution in [0, 0.1) is 11.7 Å². The molecule has 10 heteroatoms. The largest absolute Gasteiger partial charge is 0.418 e. The lowest BCUT2D eigenvalue weighted by Crippen LogP contribution is -2.40. The zero-order chi connectivity index (χ0) is 25.4. The molecule has 6 nitrogen and oxygen atoms in total. The van der Waals surface area contributed by atoms with Crippen LogP contribution in [0.15, 0.2) is 60.9 Å². The van der Waals surface area contributed by atoms with Gasteiger partial charge in [0, 0.05) is 24.2 Å². The average molecular weight is 497 g/mol. The highest BCUT2D eigenvalue weighted by atomic mass is 19.4. The summed E-state index contributed by atoms with van der Waals surface area (Å²) in [7, 11) is 0. The van der Waals surface area contributed by atoms with Gasteiger partial charge in [0.2, 0.25) is 0 Å². The maximum atomic E-state index is 13.7. The van der Waals surface area contributed by atoms with Gasteiger partial charge in [0.05, 0.1) is 11.3 Å². The Bertz CT molecular complexity index is 1410. The molecule has 5 rings (SSSR count). The summed E-state index contributed by atoms with van der Waals surface area (Å²) in [6, 6.07) is 13.8. The van der Waals surface area contributed by atoms with Crippen LogP contribution in [0.25, 0.3) is 16.8 Å². The molecule has 36 heavy (non-hydrogen) atoms. The summed E-state index contributed by atoms with van der Waals surface area (Å²) in [6.45, 7) is 1.15. The van der Waals surface area contributed by atoms with Crippen molar-refractivity contribution in [3.63, 3.8) is 0 Å². The Balaban J connectivity index is 1.41. The molecule has 0 radical (unpaired) electrons. The summed E-state index contributed by atoms with van der Waals surface area (Å²) >= 11 is 0. The van der Waals surface area contributed by atoms with Crippen LogP contribution in [-0.2, 0) is 12.6 Å². The highest BCUT2D eigenvalue weighted by Crippen LogP contribution is 2.38. The standard InChI is InChI=1S/C26H23F4N5O/c27-20-8-6-16(7-9-20)11-17-3-2-10-34(14-17)25(36)19-5-1-4-18(12-19)22-13-21(26(28,29)30)23-24(31)32-15-33-35(22)23/h1,4-9,12-13,15,17H,2-3,10-11,14H2,(H2,31,32,33)/t17-/m1/s1. The maximum absolute atomic E-state index is 13.7. The molecule has 1 fully saturated rings. The van der Waals surface area contributed by atoms with E-state index in [0.29, 0.717) is 24.2 Å². The Kier molecular flexibility index (Phi) is 6.11. The number of hydrogen-bond donors (Lipinski definition) is 1. The van der Waals surface area contributed by atoms with E-state index < -0.39 is 11.7 Å². The molecule has 1 saturated heterocycles. The van der Waals surface area contributed by atoms with E-state index in [-0.39, 0.29) is 34.7 Å². The number of alkyl halides is 3. The number of likely N-dealkylation sites (tertiary alicyclic amines) is 1. The molecule has 0 spiro atoms. The normalized spacial score (nSPS) is 16.4. The fraction of sp³-hybridized carbons (Fsp3) is 0.269. The molecule has 1 aliphatic rings. The number of aromatic nitrogens is 3. The summed E-state index contributed by atoms with van der Waals surface area (Å²) in [5.41, 5.74) is 6.44. The molecule has 4 aromatic rings. The number of nitrogen functional groups attached to an aromatic ring is 1. The molecule has 0 aliphatic carbocycles. The van der Waals surface area contributed by atoms with Crippen LogP contribution in [0.4, 0.5) is 23.4 Å². The van der Waals surface area contributed by atoms with Gasteiger partial charge in [0.25, 0.3) is 5.91 Å². The van der Waals surface area contributed by atoms with Crippen molar-refractivity contribution in [1.29, 1.82) is 0 Å². The topological polar surface area (TPSA) is 76.5 Å². The van der Waals surface area contributed by atoms with Gasteiger partial charge in [-0.1, -0.05) is 24.3 Å². The Morgan fingerprint density at radius 2 is 1.89 bits per heavy atom. The highest BCUT2D eigenvalue weighted by Gasteiger charge is 2.36. The SMILES string of the molecule is Nc1ncnn2c(-c3cccc(C(=O)N4CCC[C@H](Cc5ccc(F)cc5)C4)c3)cc(C(F)(F)F)c12. The fourth-order valence-electron chi connectivity index (χ4n) is 4.85. The third-order valence-electron chi connectivity index (χ3n) is 6.54. The van der Waals surface area contributed by atoms with Gasteiger partial charge in [0.1, 0.15) is 17.7 Å². The second-order valence-corrected chi connectivity index (χ2v) is 9.02. The van der Waals surface area contributed by atoms with Crippen molar-refractivity contribution in [3.8, 4) is 11.3 Å². The number of amides is 1. The quantitative estimate of drug-likeness (QED) is 0.392. The number of carbonyl (C=O) groups excluding carboxylic acids is 1. The van der Waals surface area contributed by atoms with E-state index in [9.17, 15) is 22.4 Å². The van der Waals surface area contributed by atoms with Crippen molar-refractivity contribution in [1.82, 2.24) is 19.5 Å². The van der Waals surface area contributed by atoms with Crippen LogP contribution in [0.3, 0.4) is 0 Å². The Morgan fingerprint density at radius 3 is 2.64 bits per heavy atom. The zero-order valence-electron chi connectivity index (χ0n) is 19.2. The predicted molar refractivity (Wildman–Crippen MR) is 127 cm³/mol. The molecule has 186 valence electrons. The number of halogens is 4. The molecule has 3 heterocycles. The summed E-state index contributed by atoms with van der Waals surface area (Å²) in [5, 5.41) is 3.98. The average Bonchev–Trinajstić information content (AvgIpc) is 3.27. The lowest BCUT2D eigenvalue weighted by atomic mass is 9.91. The first-order chi connectivity index (χ1) is 17.2. The first-order valence-electron chi connectivity index (χ1n) is 11.5. The number of nitrogens with two attached hydrogens (primary N) is 1. The molecule has 0 bridgehead atoms. The smallest absolute Gasteiger partial charge is 0.382 e. The summed E-state index contributed by atoms with van der Waals surface area (Å²) in [6.07, 6.45) is -1.02. The van der Waals surface area contributed by atoms with E-state index in [1.54, 1.807) is 41.3 Å². The molecule has 2 aromatic heterocycles. The fourth-order valence-corrected chi connectivity index (χ4v) is 4.85. The van der Waals surface area contributed by atoms with Crippen LogP contribution < -0.4 is 5.73 Å². The lowest BCUT2D eigenvalue weighted by Gasteiger charge is -2.33. The second-order valence-electron chi connectivity index (χ2n) is 9.02. The summed E-state index contributed by atoms with van der Waals surface area (Å²) < 4.78 is 55.4. The van der Waals surface area contributed by atoms with Crippen LogP contribution in [0.5, 0.6) is 0 Å². The van der Waals surface area contributed by atoms with Crippen molar-refractivity contribution >= 4 is 17.2 Å². The lowest BCUT2D eigenvalue weighted by molar-refractivity contribution is -0.136. The second kappa shape index (κ2) is 9.25. The number of anilines is 1. The molecule has 0 unspecified atom stereocenters. The Hall–Kier alpha value is -3.95. The van der Waals surface area contributed by atoms with Crippen LogP contribution in [0.1, 0.15) is 34.3 Å². The van der Waals surface area contributed by atoms with Gasteiger partial charge in [0.15, 0.2) is 5.82 Å². The number of rotatable bonds is 4. The van der Waals surface area contributed by atoms with E-state index in [2.05, 4.69) is 10.1 Å². The van der Waals surface area contributed by atoms with Crippen LogP contribution in [0.2, 0.25) is 0 Å². The first kappa shape index (κ1) is 23.8. The zero-order valence-corrected chi connectivity index (χ0v) is 19.2. The van der Waals surface area contributed by atoms with E-state index in [1.165, 1.54) is 12.1 Å². The minimum Gasteiger partial charge on any atom is -0.382 e. The Morgan fingerprint density at radius 1 is 1.11 bits per heavy atom. The third-order valence-corrected chi connectivity index (χ3v) is 6.54. The van der Waals surface area contributed by atoms with E-state index in [1.807, 2.05) is 0 Å². The van der Waals surface area contributed by atoms with Gasteiger partial charge >= 0.3 is 6.18 Å². The van der Waals surface area contributed by atoms with Gasteiger partial charge in [-0.3, -0.25) is 4.79 Å². The minimum atomic E-state index is -4.65. The number of nitrogens with zero attached hydrogens (tertiary/aromatic N) is 4. The van der Waals surface area contributed by atoms with Gasteiger partial charge in [-0.15, -0.1) is 0 Å². The van der Waals surface area contributed by atoms with Crippen molar-refractivity contribution in [2.24, 2.45) is 5.92 Å². The van der Waals surface area contributed by atoms with Gasteiger partial charge < -0.3 is 10.6 Å². The van der Waals surface area contributed by atoms with Crippen molar-refractivity contribution in [2.75, 3.05) is 18.8 Å². The molecule has 1 amide bonds. The molecule has 1 atom stereocenters. The molecule has 0 saturated carbocycles. The van der Waals surface area contributed by atoms with Crippen LogP contribution >= 0.6 is 0 Å². The van der Waals surface area contributed by atoms with Crippen LogP contribution in [-0.4, -0.2) is 38.5 Å². The van der Waals surface area contributed by atoms with E-state index in [4.69, 9.17) is 5.73 Å². The summed E-state index contributed by atoms with van der Waals surface area (Å²) in [5.74, 6) is -0.519. The van der Waals surface area contributed by atoms with Crippen molar-refractivity contribution in [3.05, 3.63) is 83.4 Å². The number of hydrogen-bond acceptors (Lipinski definition) is 4. The number of benzene rings is 2. The van der Waals surface area contributed by atoms with E-state index >= 15 is 0 Å². The third kappa shape index (κ3) is 4.62. The molecular formula is C26H23F4N5O. The molecular weight excluding hydrogens is 474 g/mol. The monoisotopic (exact) mass is 497 g/mol. The van der Waals surface area contributed by atoms with Crippen molar-refractivity contribution < 1.29 is 22.4 Å². The Labute approximate surface area is 204 Å². The molecule has 2 aromatic carbocycles. The number of piperidine rings is 1. The first-order valence-corrected chi connectivity index (χ1v) is 11.5. The van der Waals surface area contributed by atoms with Gasteiger partial charge in [-0.2, -0.15) is 18.3 Å². The van der Waals surface area contributed by atoms with E-state index in [0.717, 1.165) is 41.7 Å². The predicted octanol–water partition coefficient (Wildman–Crippen LogP) is 5.23. The summed E-state index contributed by atoms with van der Waals surface area (Å²) in [4.78, 5) is 18.8.